The molecular formula is C11H8N2O2. The third-order valence-electron chi connectivity index (χ3n) is 2.29. The van der Waals surface area contributed by atoms with Crippen LogP contribution in [0.1, 0.15) is 0 Å². The van der Waals surface area contributed by atoms with Crippen molar-refractivity contribution in [1.82, 2.24) is 5.16 Å². The second-order valence-electron chi connectivity index (χ2n) is 3.26. The highest BCUT2D eigenvalue weighted by atomic mass is 16.5. The number of hydrogen-bond acceptors (Lipinski definition) is 4. The summed E-state index contributed by atoms with van der Waals surface area (Å²) in [6.45, 7) is 0. The van der Waals surface area contributed by atoms with E-state index >= 15 is 0 Å². The molecule has 15 heavy (non-hydrogen) atoms. The third-order valence-corrected chi connectivity index (χ3v) is 2.29. The molecule has 0 unspecified atom stereocenters. The molecule has 2 heterocycles. The molecule has 0 aliphatic heterocycles. The largest absolute Gasteiger partial charge is 0.464 e. The molecule has 0 fully saturated rings. The second-order valence-corrected chi connectivity index (χ2v) is 3.26. The standard InChI is InChI=1S/C11H8N2O2/c12-11-5-9(13-15-11)8-6-14-10-4-2-1-3-7(8)10/h1-6H,12H2. The van der Waals surface area contributed by atoms with Crippen LogP contribution in [-0.4, -0.2) is 5.16 Å². The first-order chi connectivity index (χ1) is 7.34. The van der Waals surface area contributed by atoms with Crippen LogP contribution in [0.2, 0.25) is 0 Å². The molecule has 0 saturated carbocycles. The average molecular weight is 200 g/mol. The van der Waals surface area contributed by atoms with Gasteiger partial charge in [0.1, 0.15) is 17.5 Å². The van der Waals surface area contributed by atoms with Crippen LogP contribution in [0.4, 0.5) is 5.88 Å². The van der Waals surface area contributed by atoms with Crippen LogP contribution < -0.4 is 5.73 Å². The maximum atomic E-state index is 5.47. The zero-order chi connectivity index (χ0) is 10.3. The number of para-hydroxylation sites is 1. The van der Waals surface area contributed by atoms with Crippen molar-refractivity contribution in [3.05, 3.63) is 36.6 Å². The van der Waals surface area contributed by atoms with Gasteiger partial charge in [-0.3, -0.25) is 0 Å². The number of anilines is 1. The fourth-order valence-corrected chi connectivity index (χ4v) is 1.59. The molecule has 0 saturated heterocycles. The van der Waals surface area contributed by atoms with Crippen LogP contribution in [-0.2, 0) is 0 Å². The Morgan fingerprint density at radius 3 is 2.87 bits per heavy atom. The second kappa shape index (κ2) is 2.88. The summed E-state index contributed by atoms with van der Waals surface area (Å²) in [6, 6.07) is 9.43. The first-order valence-corrected chi connectivity index (χ1v) is 4.53. The smallest absolute Gasteiger partial charge is 0.222 e. The molecule has 74 valence electrons. The molecule has 0 bridgehead atoms. The molecule has 2 N–H and O–H groups in total. The van der Waals surface area contributed by atoms with Gasteiger partial charge in [-0.05, 0) is 6.07 Å². The number of furan rings is 1. The first kappa shape index (κ1) is 8.11. The quantitative estimate of drug-likeness (QED) is 0.655. The van der Waals surface area contributed by atoms with Crippen molar-refractivity contribution in [1.29, 1.82) is 0 Å². The number of hydrogen-bond donors (Lipinski definition) is 1. The molecular weight excluding hydrogens is 192 g/mol. The Labute approximate surface area is 85.3 Å². The number of nitrogens with two attached hydrogens (primary N) is 1. The molecule has 3 rings (SSSR count). The van der Waals surface area contributed by atoms with Crippen molar-refractivity contribution in [2.24, 2.45) is 0 Å². The van der Waals surface area contributed by atoms with Gasteiger partial charge >= 0.3 is 0 Å². The van der Waals surface area contributed by atoms with E-state index in [4.69, 9.17) is 14.7 Å². The Morgan fingerprint density at radius 1 is 1.20 bits per heavy atom. The predicted octanol–water partition coefficient (Wildman–Crippen LogP) is 2.67. The van der Waals surface area contributed by atoms with Crippen molar-refractivity contribution in [2.45, 2.75) is 0 Å². The molecule has 0 amide bonds. The van der Waals surface area contributed by atoms with Crippen LogP contribution in [0, 0.1) is 0 Å². The van der Waals surface area contributed by atoms with Crippen LogP contribution in [0.25, 0.3) is 22.2 Å². The maximum Gasteiger partial charge on any atom is 0.222 e. The average Bonchev–Trinajstić information content (AvgIpc) is 2.83. The SMILES string of the molecule is Nc1cc(-c2coc3ccccc23)no1. The molecule has 1 aromatic carbocycles. The lowest BCUT2D eigenvalue weighted by Gasteiger charge is -1.89. The van der Waals surface area contributed by atoms with E-state index in [0.717, 1.165) is 16.5 Å². The lowest BCUT2D eigenvalue weighted by atomic mass is 10.1. The molecule has 0 atom stereocenters. The molecule has 3 aromatic rings. The van der Waals surface area contributed by atoms with E-state index < -0.39 is 0 Å². The highest BCUT2D eigenvalue weighted by Gasteiger charge is 2.10. The van der Waals surface area contributed by atoms with Gasteiger partial charge in [0.15, 0.2) is 0 Å². The number of rotatable bonds is 1. The van der Waals surface area contributed by atoms with E-state index in [1.807, 2.05) is 24.3 Å². The minimum absolute atomic E-state index is 0.301. The highest BCUT2D eigenvalue weighted by molar-refractivity contribution is 5.92. The Kier molecular flexibility index (Phi) is 1.56. The summed E-state index contributed by atoms with van der Waals surface area (Å²) >= 11 is 0. The zero-order valence-electron chi connectivity index (χ0n) is 7.81. The highest BCUT2D eigenvalue weighted by Crippen LogP contribution is 2.30. The van der Waals surface area contributed by atoms with E-state index in [0.29, 0.717) is 11.6 Å². The van der Waals surface area contributed by atoms with Crippen molar-refractivity contribution in [2.75, 3.05) is 5.73 Å². The number of aromatic nitrogens is 1. The van der Waals surface area contributed by atoms with Crippen LogP contribution in [0.5, 0.6) is 0 Å². The Hall–Kier alpha value is -2.23. The number of nitrogens with zero attached hydrogens (tertiary/aromatic N) is 1. The van der Waals surface area contributed by atoms with E-state index in [1.54, 1.807) is 12.3 Å². The summed E-state index contributed by atoms with van der Waals surface area (Å²) in [5, 5.41) is 4.85. The molecule has 0 aliphatic carbocycles. The minimum atomic E-state index is 0.301. The van der Waals surface area contributed by atoms with Gasteiger partial charge in [0.2, 0.25) is 5.88 Å². The van der Waals surface area contributed by atoms with Gasteiger partial charge in [-0.25, -0.2) is 0 Å². The Balaban J connectivity index is 2.27. The molecule has 0 radical (unpaired) electrons. The van der Waals surface area contributed by atoms with Gasteiger partial charge in [0.25, 0.3) is 0 Å². The van der Waals surface area contributed by atoms with E-state index in [-0.39, 0.29) is 0 Å². The Morgan fingerprint density at radius 2 is 2.07 bits per heavy atom. The van der Waals surface area contributed by atoms with Gasteiger partial charge in [0.05, 0.1) is 0 Å². The van der Waals surface area contributed by atoms with Crippen LogP contribution in [0.3, 0.4) is 0 Å². The fraction of sp³-hybridized carbons (Fsp3) is 0. The van der Waals surface area contributed by atoms with Crippen LogP contribution in [0.15, 0.2) is 45.5 Å². The summed E-state index contributed by atoms with van der Waals surface area (Å²) in [4.78, 5) is 0. The number of nitrogen functional groups attached to an aromatic ring is 1. The summed E-state index contributed by atoms with van der Waals surface area (Å²) in [7, 11) is 0. The molecule has 0 aliphatic rings. The molecule has 2 aromatic heterocycles. The summed E-state index contributed by atoms with van der Waals surface area (Å²) in [5.74, 6) is 0.301. The minimum Gasteiger partial charge on any atom is -0.464 e. The summed E-state index contributed by atoms with van der Waals surface area (Å²) < 4.78 is 10.2. The van der Waals surface area contributed by atoms with Gasteiger partial charge < -0.3 is 14.7 Å². The number of benzene rings is 1. The topological polar surface area (TPSA) is 65.2 Å². The van der Waals surface area contributed by atoms with E-state index in [2.05, 4.69) is 5.16 Å². The van der Waals surface area contributed by atoms with Gasteiger partial charge in [-0.1, -0.05) is 23.4 Å². The predicted molar refractivity (Wildman–Crippen MR) is 56.1 cm³/mol. The van der Waals surface area contributed by atoms with Crippen molar-refractivity contribution in [3.63, 3.8) is 0 Å². The van der Waals surface area contributed by atoms with Gasteiger partial charge in [0, 0.05) is 17.0 Å². The summed E-state index contributed by atoms with van der Waals surface area (Å²) in [5.41, 5.74) is 7.88. The van der Waals surface area contributed by atoms with E-state index in [9.17, 15) is 0 Å². The zero-order valence-corrected chi connectivity index (χ0v) is 7.81. The van der Waals surface area contributed by atoms with Crippen molar-refractivity contribution < 1.29 is 8.94 Å². The molecule has 4 heteroatoms. The Bertz CT molecular complexity index is 610. The van der Waals surface area contributed by atoms with Crippen LogP contribution >= 0.6 is 0 Å². The normalized spacial score (nSPS) is 10.9. The van der Waals surface area contributed by atoms with E-state index in [1.165, 1.54) is 0 Å². The molecule has 4 nitrogen and oxygen atoms in total. The van der Waals surface area contributed by atoms with Gasteiger partial charge in [-0.2, -0.15) is 0 Å². The van der Waals surface area contributed by atoms with Crippen molar-refractivity contribution >= 4 is 16.9 Å². The first-order valence-electron chi connectivity index (χ1n) is 4.53. The number of fused-ring (bicyclic) bond motifs is 1. The lowest BCUT2D eigenvalue weighted by Crippen LogP contribution is -1.76. The fourth-order valence-electron chi connectivity index (χ4n) is 1.59. The lowest BCUT2D eigenvalue weighted by molar-refractivity contribution is 0.439. The monoisotopic (exact) mass is 200 g/mol. The maximum absolute atomic E-state index is 5.47. The molecule has 0 spiro atoms. The van der Waals surface area contributed by atoms with Crippen molar-refractivity contribution in [3.8, 4) is 11.3 Å². The third kappa shape index (κ3) is 1.19. The summed E-state index contributed by atoms with van der Waals surface area (Å²) in [6.07, 6.45) is 1.65. The van der Waals surface area contributed by atoms with Gasteiger partial charge in [-0.15, -0.1) is 0 Å².